The second kappa shape index (κ2) is 9.34. The van der Waals surface area contributed by atoms with E-state index in [4.69, 9.17) is 9.47 Å². The van der Waals surface area contributed by atoms with Crippen molar-refractivity contribution >= 4 is 11.9 Å². The molecular weight excluding hydrogens is 315 g/mol. The van der Waals surface area contributed by atoms with E-state index in [9.17, 15) is 22.8 Å². The fraction of sp³-hybridized carbons (Fsp3) is 0.600. The lowest BCUT2D eigenvalue weighted by molar-refractivity contribution is -0.177. The number of nitrogens with one attached hydrogen (secondary N) is 1. The number of rotatable bonds is 8. The lowest BCUT2D eigenvalue weighted by atomic mass is 10.1. The first-order chi connectivity index (χ1) is 10.5. The van der Waals surface area contributed by atoms with Crippen LogP contribution in [0.5, 0.6) is 0 Å². The molecule has 0 aliphatic heterocycles. The van der Waals surface area contributed by atoms with E-state index >= 15 is 0 Å². The number of hydrogen-bond donors (Lipinski definition) is 1. The average molecular weight is 337 g/mol. The minimum atomic E-state index is -5.07. The van der Waals surface area contributed by atoms with Crippen molar-refractivity contribution in [1.82, 2.24) is 5.32 Å². The second-order valence-corrected chi connectivity index (χ2v) is 5.59. The molecule has 0 aliphatic carbocycles. The lowest BCUT2D eigenvalue weighted by Gasteiger charge is -2.24. The highest BCUT2D eigenvalue weighted by molar-refractivity contribution is 5.87. The third kappa shape index (κ3) is 10.5. The van der Waals surface area contributed by atoms with Crippen LogP contribution in [0.25, 0.3) is 0 Å². The van der Waals surface area contributed by atoms with Crippen molar-refractivity contribution in [2.75, 3.05) is 13.2 Å². The van der Waals surface area contributed by atoms with E-state index in [0.717, 1.165) is 0 Å². The van der Waals surface area contributed by atoms with Crippen molar-refractivity contribution in [1.29, 1.82) is 0 Å². The Labute approximate surface area is 133 Å². The molecule has 132 valence electrons. The first-order valence-corrected chi connectivity index (χ1v) is 6.91. The van der Waals surface area contributed by atoms with Gasteiger partial charge in [0.05, 0.1) is 13.2 Å². The van der Waals surface area contributed by atoms with Gasteiger partial charge < -0.3 is 14.8 Å². The zero-order valence-corrected chi connectivity index (χ0v) is 13.4. The number of carbonyl (C=O) groups is 2. The summed E-state index contributed by atoms with van der Waals surface area (Å²) in [4.78, 5) is 22.9. The van der Waals surface area contributed by atoms with Gasteiger partial charge in [0.2, 0.25) is 0 Å². The molecule has 1 N–H and O–H groups in total. The van der Waals surface area contributed by atoms with Crippen molar-refractivity contribution in [3.63, 3.8) is 0 Å². The Bertz CT molecular complexity index is 439. The number of esters is 1. The normalized spacial score (nSPS) is 13.7. The Morgan fingerprint density at radius 1 is 1.17 bits per heavy atom. The number of carbonyl (C=O) groups excluding carboxylic acids is 2. The third-order valence-electron chi connectivity index (χ3n) is 2.24. The summed E-state index contributed by atoms with van der Waals surface area (Å²) < 4.78 is 47.0. The number of hydrogen-bond acceptors (Lipinski definition) is 4. The van der Waals surface area contributed by atoms with Gasteiger partial charge in [0.1, 0.15) is 11.6 Å². The molecular formula is C15H22F3NO4. The smallest absolute Gasteiger partial charge is 0.458 e. The highest BCUT2D eigenvalue weighted by Gasteiger charge is 2.41. The summed E-state index contributed by atoms with van der Waals surface area (Å²) in [7, 11) is 0. The molecule has 23 heavy (non-hydrogen) atoms. The molecule has 0 rings (SSSR count). The summed E-state index contributed by atoms with van der Waals surface area (Å²) in [6, 6.07) is -1.43. The van der Waals surface area contributed by atoms with Gasteiger partial charge in [0, 0.05) is 0 Å². The van der Waals surface area contributed by atoms with Crippen LogP contribution in [-0.2, 0) is 19.1 Å². The van der Waals surface area contributed by atoms with Gasteiger partial charge >= 0.3 is 18.1 Å². The molecule has 0 bridgehead atoms. The Hall–Kier alpha value is -1.83. The van der Waals surface area contributed by atoms with Crippen LogP contribution in [0.4, 0.5) is 13.2 Å². The summed E-state index contributed by atoms with van der Waals surface area (Å²) >= 11 is 0. The van der Waals surface area contributed by atoms with Crippen LogP contribution in [0.1, 0.15) is 27.2 Å². The largest absolute Gasteiger partial charge is 0.471 e. The first kappa shape index (κ1) is 21.2. The van der Waals surface area contributed by atoms with E-state index in [1.54, 1.807) is 32.2 Å². The maximum absolute atomic E-state index is 12.3. The molecule has 0 radical (unpaired) electrons. The van der Waals surface area contributed by atoms with Crippen LogP contribution in [0.3, 0.4) is 0 Å². The highest BCUT2D eigenvalue weighted by atomic mass is 19.4. The topological polar surface area (TPSA) is 64.6 Å². The van der Waals surface area contributed by atoms with Crippen LogP contribution < -0.4 is 5.32 Å². The zero-order chi connectivity index (χ0) is 18.1. The predicted molar refractivity (Wildman–Crippen MR) is 78.6 cm³/mol. The van der Waals surface area contributed by atoms with Gasteiger partial charge in [0.25, 0.3) is 0 Å². The van der Waals surface area contributed by atoms with Gasteiger partial charge in [-0.1, -0.05) is 18.2 Å². The minimum Gasteiger partial charge on any atom is -0.458 e. The number of halogens is 3. The molecule has 1 atom stereocenters. The molecule has 1 amide bonds. The van der Waals surface area contributed by atoms with Gasteiger partial charge in [-0.05, 0) is 27.2 Å². The molecule has 8 heteroatoms. The summed E-state index contributed by atoms with van der Waals surface area (Å²) in [6.07, 6.45) is -0.707. The van der Waals surface area contributed by atoms with Crippen molar-refractivity contribution < 1.29 is 32.2 Å². The molecule has 0 spiro atoms. The average Bonchev–Trinajstić information content (AvgIpc) is 2.37. The van der Waals surface area contributed by atoms with E-state index in [0.29, 0.717) is 6.61 Å². The predicted octanol–water partition coefficient (Wildman–Crippen LogP) is 2.52. The Morgan fingerprint density at radius 2 is 1.78 bits per heavy atom. The number of alkyl halides is 3. The maximum Gasteiger partial charge on any atom is 0.471 e. The molecule has 0 aromatic carbocycles. The van der Waals surface area contributed by atoms with Crippen molar-refractivity contribution in [3.8, 4) is 0 Å². The molecule has 0 saturated carbocycles. The molecule has 5 nitrogen and oxygen atoms in total. The fourth-order valence-corrected chi connectivity index (χ4v) is 1.35. The van der Waals surface area contributed by atoms with Crippen molar-refractivity contribution in [2.45, 2.75) is 45.0 Å². The van der Waals surface area contributed by atoms with Crippen LogP contribution in [0, 0.1) is 0 Å². The quantitative estimate of drug-likeness (QED) is 0.420. The van der Waals surface area contributed by atoms with Crippen molar-refractivity contribution in [3.05, 3.63) is 24.8 Å². The monoisotopic (exact) mass is 337 g/mol. The molecule has 0 aromatic rings. The standard InChI is InChI=1S/C15H22F3NO4/c1-5-9-22-10-7-6-8-11(12(20)23-14(2,3)4)19-13(21)15(16,17)18/h5-7,11H,1,8-10H2,2-4H3,(H,19,21)/b7-6-. The van der Waals surface area contributed by atoms with E-state index in [-0.39, 0.29) is 13.0 Å². The minimum absolute atomic E-state index is 0.145. The van der Waals surface area contributed by atoms with Gasteiger partial charge in [0.15, 0.2) is 0 Å². The summed E-state index contributed by atoms with van der Waals surface area (Å²) in [5.41, 5.74) is -0.880. The second-order valence-electron chi connectivity index (χ2n) is 5.59. The van der Waals surface area contributed by atoms with E-state index in [1.807, 2.05) is 0 Å². The molecule has 0 heterocycles. The summed E-state index contributed by atoms with van der Waals surface area (Å²) in [5.74, 6) is -3.13. The van der Waals surface area contributed by atoms with Gasteiger partial charge in [-0.3, -0.25) is 4.79 Å². The highest BCUT2D eigenvalue weighted by Crippen LogP contribution is 2.16. The SMILES string of the molecule is C=CCOC/C=C\CC(NC(=O)C(F)(F)F)C(=O)OC(C)(C)C. The summed E-state index contributed by atoms with van der Waals surface area (Å²) in [6.45, 7) is 8.72. The Kier molecular flexibility index (Phi) is 8.60. The third-order valence-corrected chi connectivity index (χ3v) is 2.24. The van der Waals surface area contributed by atoms with E-state index in [1.165, 1.54) is 12.2 Å². The fourth-order valence-electron chi connectivity index (χ4n) is 1.35. The van der Waals surface area contributed by atoms with Gasteiger partial charge in [-0.2, -0.15) is 13.2 Å². The Balaban J connectivity index is 4.76. The van der Waals surface area contributed by atoms with Crippen molar-refractivity contribution in [2.24, 2.45) is 0 Å². The molecule has 1 unspecified atom stereocenters. The maximum atomic E-state index is 12.3. The van der Waals surface area contributed by atoms with Gasteiger partial charge in [-0.25, -0.2) is 4.79 Å². The van der Waals surface area contributed by atoms with Crippen LogP contribution >= 0.6 is 0 Å². The van der Waals surface area contributed by atoms with Crippen LogP contribution in [0.15, 0.2) is 24.8 Å². The molecule has 0 fully saturated rings. The molecule has 0 saturated heterocycles. The summed E-state index contributed by atoms with van der Waals surface area (Å²) in [5, 5.41) is 1.63. The number of ether oxygens (including phenoxy) is 2. The Morgan fingerprint density at radius 3 is 2.26 bits per heavy atom. The van der Waals surface area contributed by atoms with E-state index < -0.39 is 29.7 Å². The molecule has 0 aromatic heterocycles. The zero-order valence-electron chi connectivity index (χ0n) is 13.4. The molecule has 0 aliphatic rings. The van der Waals surface area contributed by atoms with E-state index in [2.05, 4.69) is 6.58 Å². The van der Waals surface area contributed by atoms with Gasteiger partial charge in [-0.15, -0.1) is 6.58 Å². The first-order valence-electron chi connectivity index (χ1n) is 6.91. The number of amides is 1. The van der Waals surface area contributed by atoms with Crippen LogP contribution in [0.2, 0.25) is 0 Å². The van der Waals surface area contributed by atoms with Crippen LogP contribution in [-0.4, -0.2) is 42.9 Å². The lowest BCUT2D eigenvalue weighted by Crippen LogP contribution is -2.48.